The SMILES string of the molecule is CN(C)S(=O)(=O)C(COCO)c1ccccc1. The van der Waals surface area contributed by atoms with Crippen LogP contribution in [0.15, 0.2) is 30.3 Å². The maximum absolute atomic E-state index is 12.1. The van der Waals surface area contributed by atoms with Crippen molar-refractivity contribution in [1.29, 1.82) is 0 Å². The molecule has 0 saturated carbocycles. The van der Waals surface area contributed by atoms with Crippen LogP contribution in [0.2, 0.25) is 0 Å². The molecule has 0 fully saturated rings. The molecular weight excluding hydrogens is 242 g/mol. The van der Waals surface area contributed by atoms with E-state index in [9.17, 15) is 8.42 Å². The van der Waals surface area contributed by atoms with Gasteiger partial charge in [-0.15, -0.1) is 0 Å². The molecule has 5 nitrogen and oxygen atoms in total. The zero-order chi connectivity index (χ0) is 12.9. The van der Waals surface area contributed by atoms with Gasteiger partial charge in [-0.3, -0.25) is 0 Å². The first-order valence-electron chi connectivity index (χ1n) is 5.15. The van der Waals surface area contributed by atoms with E-state index in [2.05, 4.69) is 0 Å². The summed E-state index contributed by atoms with van der Waals surface area (Å²) in [5.41, 5.74) is 0.648. The average Bonchev–Trinajstić information content (AvgIpc) is 2.30. The molecule has 1 aromatic carbocycles. The van der Waals surface area contributed by atoms with Gasteiger partial charge in [0, 0.05) is 14.1 Å². The summed E-state index contributed by atoms with van der Waals surface area (Å²) in [6.07, 6.45) is 0. The minimum absolute atomic E-state index is 0.0684. The summed E-state index contributed by atoms with van der Waals surface area (Å²) in [6.45, 7) is -0.562. The minimum Gasteiger partial charge on any atom is -0.371 e. The second-order valence-electron chi connectivity index (χ2n) is 3.73. The smallest absolute Gasteiger partial charge is 0.222 e. The first-order valence-corrected chi connectivity index (χ1v) is 6.65. The number of aliphatic hydroxyl groups is 1. The lowest BCUT2D eigenvalue weighted by atomic mass is 10.1. The number of rotatable bonds is 6. The average molecular weight is 259 g/mol. The van der Waals surface area contributed by atoms with E-state index in [0.29, 0.717) is 5.56 Å². The molecule has 96 valence electrons. The lowest BCUT2D eigenvalue weighted by molar-refractivity contribution is -0.00154. The van der Waals surface area contributed by atoms with Crippen molar-refractivity contribution < 1.29 is 18.3 Å². The third-order valence-corrected chi connectivity index (χ3v) is 4.55. The molecule has 0 aromatic heterocycles. The van der Waals surface area contributed by atoms with Gasteiger partial charge in [0.1, 0.15) is 12.0 Å². The Bertz CT molecular complexity index is 430. The molecule has 1 unspecified atom stereocenters. The van der Waals surface area contributed by atoms with Gasteiger partial charge in [0.05, 0.1) is 6.61 Å². The van der Waals surface area contributed by atoms with Crippen LogP contribution in [0.1, 0.15) is 10.8 Å². The van der Waals surface area contributed by atoms with E-state index in [1.54, 1.807) is 24.3 Å². The van der Waals surface area contributed by atoms with Gasteiger partial charge in [-0.1, -0.05) is 30.3 Å². The number of hydrogen-bond acceptors (Lipinski definition) is 4. The molecule has 0 radical (unpaired) electrons. The molecule has 1 N–H and O–H groups in total. The van der Waals surface area contributed by atoms with Gasteiger partial charge in [0.25, 0.3) is 0 Å². The number of hydrogen-bond donors (Lipinski definition) is 1. The van der Waals surface area contributed by atoms with E-state index < -0.39 is 22.1 Å². The Balaban J connectivity index is 3.05. The fourth-order valence-corrected chi connectivity index (χ4v) is 2.71. The van der Waals surface area contributed by atoms with Gasteiger partial charge in [-0.25, -0.2) is 12.7 Å². The van der Waals surface area contributed by atoms with Crippen LogP contribution in [0.3, 0.4) is 0 Å². The van der Waals surface area contributed by atoms with E-state index in [1.807, 2.05) is 6.07 Å². The van der Waals surface area contributed by atoms with Crippen molar-refractivity contribution >= 4 is 10.0 Å². The molecule has 6 heteroatoms. The van der Waals surface area contributed by atoms with E-state index >= 15 is 0 Å². The van der Waals surface area contributed by atoms with Crippen LogP contribution in [-0.2, 0) is 14.8 Å². The van der Waals surface area contributed by atoms with E-state index in [1.165, 1.54) is 14.1 Å². The predicted molar refractivity (Wildman–Crippen MR) is 64.8 cm³/mol. The first kappa shape index (κ1) is 14.1. The van der Waals surface area contributed by atoms with E-state index in [-0.39, 0.29) is 6.61 Å². The molecule has 0 heterocycles. The van der Waals surface area contributed by atoms with Crippen molar-refractivity contribution in [2.75, 3.05) is 27.5 Å². The highest BCUT2D eigenvalue weighted by Crippen LogP contribution is 2.24. The van der Waals surface area contributed by atoms with Crippen LogP contribution >= 0.6 is 0 Å². The van der Waals surface area contributed by atoms with E-state index in [0.717, 1.165) is 4.31 Å². The van der Waals surface area contributed by atoms with Crippen LogP contribution in [-0.4, -0.2) is 45.3 Å². The number of aliphatic hydroxyl groups excluding tert-OH is 1. The maximum Gasteiger partial charge on any atom is 0.222 e. The Morgan fingerprint density at radius 1 is 1.29 bits per heavy atom. The zero-order valence-electron chi connectivity index (χ0n) is 9.91. The highest BCUT2D eigenvalue weighted by Gasteiger charge is 2.29. The quantitative estimate of drug-likeness (QED) is 0.759. The molecule has 0 amide bonds. The summed E-state index contributed by atoms with van der Waals surface area (Å²) in [6, 6.07) is 8.81. The lowest BCUT2D eigenvalue weighted by Crippen LogP contribution is -2.31. The molecular formula is C11H17NO4S. The van der Waals surface area contributed by atoms with Crippen molar-refractivity contribution in [3.8, 4) is 0 Å². The summed E-state index contributed by atoms with van der Waals surface area (Å²) in [4.78, 5) is 0. The zero-order valence-corrected chi connectivity index (χ0v) is 10.7. The first-order chi connectivity index (χ1) is 8.00. The van der Waals surface area contributed by atoms with Crippen LogP contribution in [0.4, 0.5) is 0 Å². The van der Waals surface area contributed by atoms with Gasteiger partial charge in [-0.2, -0.15) is 0 Å². The molecule has 0 bridgehead atoms. The summed E-state index contributed by atoms with van der Waals surface area (Å²) >= 11 is 0. The Morgan fingerprint density at radius 2 is 1.88 bits per heavy atom. The van der Waals surface area contributed by atoms with Crippen LogP contribution < -0.4 is 0 Å². The monoisotopic (exact) mass is 259 g/mol. The summed E-state index contributed by atoms with van der Waals surface area (Å²) < 4.78 is 30.2. The second-order valence-corrected chi connectivity index (χ2v) is 6.06. The van der Waals surface area contributed by atoms with Crippen LogP contribution in [0.5, 0.6) is 0 Å². The molecule has 0 aliphatic heterocycles. The lowest BCUT2D eigenvalue weighted by Gasteiger charge is -2.21. The predicted octanol–water partition coefficient (Wildman–Crippen LogP) is 0.585. The van der Waals surface area contributed by atoms with Gasteiger partial charge < -0.3 is 9.84 Å². The van der Waals surface area contributed by atoms with Crippen molar-refractivity contribution in [1.82, 2.24) is 4.31 Å². The number of benzene rings is 1. The van der Waals surface area contributed by atoms with Crippen molar-refractivity contribution in [2.45, 2.75) is 5.25 Å². The molecule has 0 spiro atoms. The third kappa shape index (κ3) is 3.50. The molecule has 1 atom stereocenters. The summed E-state index contributed by atoms with van der Waals surface area (Å²) in [5.74, 6) is 0. The van der Waals surface area contributed by atoms with Crippen molar-refractivity contribution in [2.24, 2.45) is 0 Å². The molecule has 0 aliphatic rings. The van der Waals surface area contributed by atoms with E-state index in [4.69, 9.17) is 9.84 Å². The van der Waals surface area contributed by atoms with Gasteiger partial charge in [0.15, 0.2) is 0 Å². The molecule has 17 heavy (non-hydrogen) atoms. The van der Waals surface area contributed by atoms with Crippen LogP contribution in [0, 0.1) is 0 Å². The van der Waals surface area contributed by atoms with Gasteiger partial charge in [0.2, 0.25) is 10.0 Å². The summed E-state index contributed by atoms with van der Waals surface area (Å²) in [5, 5.41) is 7.84. The largest absolute Gasteiger partial charge is 0.371 e. The Kier molecular flexibility index (Phi) is 5.07. The number of ether oxygens (including phenoxy) is 1. The fraction of sp³-hybridized carbons (Fsp3) is 0.455. The minimum atomic E-state index is -3.47. The normalized spacial score (nSPS) is 13.9. The van der Waals surface area contributed by atoms with Crippen molar-refractivity contribution in [3.63, 3.8) is 0 Å². The molecule has 0 aliphatic carbocycles. The Morgan fingerprint density at radius 3 is 2.35 bits per heavy atom. The molecule has 1 rings (SSSR count). The number of sulfonamides is 1. The Hall–Kier alpha value is -0.950. The molecule has 1 aromatic rings. The fourth-order valence-electron chi connectivity index (χ4n) is 1.44. The number of nitrogens with zero attached hydrogens (tertiary/aromatic N) is 1. The third-order valence-electron chi connectivity index (χ3n) is 2.40. The van der Waals surface area contributed by atoms with Gasteiger partial charge in [-0.05, 0) is 5.56 Å². The second kappa shape index (κ2) is 6.11. The van der Waals surface area contributed by atoms with Crippen molar-refractivity contribution in [3.05, 3.63) is 35.9 Å². The highest BCUT2D eigenvalue weighted by atomic mass is 32.2. The maximum atomic E-state index is 12.1. The Labute approximate surface area is 102 Å². The standard InChI is InChI=1S/C11H17NO4S/c1-12(2)17(14,15)11(8-16-9-13)10-6-4-3-5-7-10/h3-7,11,13H,8-9H2,1-2H3. The van der Waals surface area contributed by atoms with Crippen LogP contribution in [0.25, 0.3) is 0 Å². The van der Waals surface area contributed by atoms with Gasteiger partial charge >= 0.3 is 0 Å². The molecule has 0 saturated heterocycles. The topological polar surface area (TPSA) is 66.8 Å². The highest BCUT2D eigenvalue weighted by molar-refractivity contribution is 7.89. The summed E-state index contributed by atoms with van der Waals surface area (Å²) in [7, 11) is -0.514.